The highest BCUT2D eigenvalue weighted by atomic mass is 32.1. The van der Waals surface area contributed by atoms with Crippen LogP contribution in [0.25, 0.3) is 21.3 Å². The Balaban J connectivity index is 0.000000627. The van der Waals surface area contributed by atoms with Crippen molar-refractivity contribution in [2.24, 2.45) is 0 Å². The molecule has 4 aromatic rings. The second-order valence-electron chi connectivity index (χ2n) is 9.62. The SMILES string of the molecule is C=O.CCCCO.O=C(CNC(=O)C(Cc1ccc(F)cc1)c1nc2ccc(-c3ccc(F)nc3)cc2s1)NC1CC1. The molecule has 0 spiro atoms. The molecule has 3 N–H and O–H groups in total. The van der Waals surface area contributed by atoms with Gasteiger partial charge in [0.25, 0.3) is 0 Å². The predicted octanol–water partition coefficient (Wildman–Crippen LogP) is 4.95. The van der Waals surface area contributed by atoms with Crippen LogP contribution in [0.15, 0.2) is 60.8 Å². The summed E-state index contributed by atoms with van der Waals surface area (Å²) in [6, 6.07) is 14.8. The van der Waals surface area contributed by atoms with Gasteiger partial charge in [-0.2, -0.15) is 4.39 Å². The lowest BCUT2D eigenvalue weighted by atomic mass is 9.99. The Bertz CT molecular complexity index is 1440. The molecule has 11 heteroatoms. The molecule has 2 aromatic heterocycles. The molecule has 1 unspecified atom stereocenters. The number of unbranched alkanes of at least 4 members (excludes halogenated alkanes) is 1. The van der Waals surface area contributed by atoms with Crippen molar-refractivity contribution in [2.45, 2.75) is 51.0 Å². The average Bonchev–Trinajstić information content (AvgIpc) is 3.72. The monoisotopic (exact) mass is 596 g/mol. The Kier molecular flexibility index (Phi) is 12.6. The number of pyridine rings is 1. The summed E-state index contributed by atoms with van der Waals surface area (Å²) in [6.07, 6.45) is 5.75. The maximum atomic E-state index is 13.4. The molecule has 8 nitrogen and oxygen atoms in total. The standard InChI is InChI=1S/C26H22F2N4O2S.C4H10O.CH2O/c27-18-5-1-15(2-6-18)11-20(25(34)30-14-24(33)31-19-7-8-19)26-32-21-9-3-16(12-22(21)35-26)17-4-10-23(28)29-13-17;1-2-3-4-5;1-2/h1-6,9-10,12-13,19-20H,7-8,11,14H2,(H,30,34)(H,31,33);5H,2-4H2,1H3;1H2. The summed E-state index contributed by atoms with van der Waals surface area (Å²) in [5, 5.41) is 14.2. The molecule has 0 radical (unpaired) electrons. The first-order chi connectivity index (χ1) is 20.4. The molecule has 1 atom stereocenters. The van der Waals surface area contributed by atoms with Crippen LogP contribution in [0.1, 0.15) is 49.1 Å². The Morgan fingerprint density at radius 2 is 1.79 bits per heavy atom. The van der Waals surface area contributed by atoms with E-state index in [1.165, 1.54) is 35.7 Å². The van der Waals surface area contributed by atoms with Crippen molar-refractivity contribution in [2.75, 3.05) is 13.2 Å². The van der Waals surface area contributed by atoms with Gasteiger partial charge >= 0.3 is 0 Å². The van der Waals surface area contributed by atoms with Crippen LogP contribution in [0.3, 0.4) is 0 Å². The van der Waals surface area contributed by atoms with E-state index in [0.29, 0.717) is 18.0 Å². The summed E-state index contributed by atoms with van der Waals surface area (Å²) in [4.78, 5) is 41.7. The van der Waals surface area contributed by atoms with E-state index < -0.39 is 11.9 Å². The molecule has 0 saturated heterocycles. The van der Waals surface area contributed by atoms with Gasteiger partial charge in [-0.15, -0.1) is 11.3 Å². The Hall–Kier alpha value is -4.09. The number of aliphatic hydroxyl groups is 1. The molecular weight excluding hydrogens is 562 g/mol. The summed E-state index contributed by atoms with van der Waals surface area (Å²) in [6.45, 7) is 4.29. The highest BCUT2D eigenvalue weighted by Gasteiger charge is 2.27. The number of fused-ring (bicyclic) bond motifs is 1. The maximum Gasteiger partial charge on any atom is 0.239 e. The number of carbonyl (C=O) groups excluding carboxylic acids is 3. The zero-order valence-corrected chi connectivity index (χ0v) is 24.1. The second kappa shape index (κ2) is 16.4. The molecule has 1 saturated carbocycles. The number of nitrogens with one attached hydrogen (secondary N) is 2. The highest BCUT2D eigenvalue weighted by Crippen LogP contribution is 2.33. The molecule has 2 heterocycles. The topological polar surface area (TPSA) is 121 Å². The number of aromatic nitrogens is 2. The van der Waals surface area contributed by atoms with Crippen LogP contribution >= 0.6 is 11.3 Å². The van der Waals surface area contributed by atoms with Gasteiger partial charge < -0.3 is 20.5 Å². The summed E-state index contributed by atoms with van der Waals surface area (Å²) in [7, 11) is 0. The van der Waals surface area contributed by atoms with Crippen molar-refractivity contribution in [3.63, 3.8) is 0 Å². The summed E-state index contributed by atoms with van der Waals surface area (Å²) >= 11 is 1.38. The van der Waals surface area contributed by atoms with Gasteiger partial charge in [0.05, 0.1) is 22.7 Å². The van der Waals surface area contributed by atoms with Gasteiger partial charge in [-0.25, -0.2) is 14.4 Å². The quantitative estimate of drug-likeness (QED) is 0.223. The maximum absolute atomic E-state index is 13.4. The van der Waals surface area contributed by atoms with Crippen LogP contribution in [0.2, 0.25) is 0 Å². The van der Waals surface area contributed by atoms with Crippen molar-refractivity contribution in [1.82, 2.24) is 20.6 Å². The van der Waals surface area contributed by atoms with E-state index in [1.807, 2.05) is 25.0 Å². The molecule has 5 rings (SSSR count). The molecule has 2 aromatic carbocycles. The van der Waals surface area contributed by atoms with E-state index >= 15 is 0 Å². The molecule has 42 heavy (non-hydrogen) atoms. The predicted molar refractivity (Wildman–Crippen MR) is 159 cm³/mol. The van der Waals surface area contributed by atoms with Gasteiger partial charge in [0.2, 0.25) is 17.8 Å². The van der Waals surface area contributed by atoms with E-state index in [1.54, 1.807) is 18.2 Å². The normalized spacial score (nSPS) is 12.8. The fourth-order valence-electron chi connectivity index (χ4n) is 3.92. The van der Waals surface area contributed by atoms with Gasteiger partial charge in [0.1, 0.15) is 17.6 Å². The number of rotatable bonds is 10. The van der Waals surface area contributed by atoms with E-state index in [2.05, 4.69) is 27.5 Å². The first-order valence-corrected chi connectivity index (χ1v) is 14.4. The van der Waals surface area contributed by atoms with Gasteiger partial charge in [-0.1, -0.05) is 31.5 Å². The summed E-state index contributed by atoms with van der Waals surface area (Å²) in [5.74, 6) is -2.09. The zero-order chi connectivity index (χ0) is 30.5. The van der Waals surface area contributed by atoms with Crippen molar-refractivity contribution in [3.8, 4) is 11.1 Å². The Morgan fingerprint density at radius 3 is 2.38 bits per heavy atom. The smallest absolute Gasteiger partial charge is 0.239 e. The van der Waals surface area contributed by atoms with Crippen LogP contribution in [0.4, 0.5) is 8.78 Å². The molecule has 1 aliphatic carbocycles. The lowest BCUT2D eigenvalue weighted by Crippen LogP contribution is -2.40. The number of benzene rings is 2. The highest BCUT2D eigenvalue weighted by molar-refractivity contribution is 7.18. The third-order valence-corrected chi connectivity index (χ3v) is 7.44. The van der Waals surface area contributed by atoms with Crippen molar-refractivity contribution >= 4 is 40.2 Å². The number of hydrogen-bond donors (Lipinski definition) is 3. The van der Waals surface area contributed by atoms with Gasteiger partial charge in [0.15, 0.2) is 0 Å². The number of nitrogens with zero attached hydrogens (tertiary/aromatic N) is 2. The number of carbonyl (C=O) groups is 3. The molecule has 0 aliphatic heterocycles. The Morgan fingerprint density at radius 1 is 1.07 bits per heavy atom. The average molecular weight is 597 g/mol. The number of amides is 2. The van der Waals surface area contributed by atoms with E-state index in [-0.39, 0.29) is 30.2 Å². The van der Waals surface area contributed by atoms with Crippen LogP contribution in [0, 0.1) is 11.8 Å². The van der Waals surface area contributed by atoms with Crippen molar-refractivity contribution < 1.29 is 28.3 Å². The lowest BCUT2D eigenvalue weighted by molar-refractivity contribution is -0.127. The molecule has 1 fully saturated rings. The summed E-state index contributed by atoms with van der Waals surface area (Å²) in [5.41, 5.74) is 3.14. The number of hydrogen-bond acceptors (Lipinski definition) is 7. The zero-order valence-electron chi connectivity index (χ0n) is 23.3. The number of halogens is 2. The fourth-order valence-corrected chi connectivity index (χ4v) is 5.03. The third kappa shape index (κ3) is 9.78. The largest absolute Gasteiger partial charge is 0.396 e. The van der Waals surface area contributed by atoms with E-state index in [0.717, 1.165) is 52.6 Å². The number of thiazole rings is 1. The van der Waals surface area contributed by atoms with E-state index in [9.17, 15) is 18.4 Å². The molecular formula is C31H34F2N4O4S. The molecule has 222 valence electrons. The third-order valence-electron chi connectivity index (χ3n) is 6.31. The van der Waals surface area contributed by atoms with Crippen LogP contribution in [0.5, 0.6) is 0 Å². The first kappa shape index (κ1) is 32.4. The number of aliphatic hydroxyl groups excluding tert-OH is 1. The molecule has 2 amide bonds. The van der Waals surface area contributed by atoms with Gasteiger partial charge in [0, 0.05) is 24.4 Å². The Labute approximate surface area is 247 Å². The van der Waals surface area contributed by atoms with E-state index in [4.69, 9.17) is 9.90 Å². The van der Waals surface area contributed by atoms with Crippen LogP contribution in [-0.4, -0.2) is 52.9 Å². The molecule has 1 aliphatic rings. The first-order valence-electron chi connectivity index (χ1n) is 13.6. The molecule has 0 bridgehead atoms. The summed E-state index contributed by atoms with van der Waals surface area (Å²) < 4.78 is 27.5. The fraction of sp³-hybridized carbons (Fsp3) is 0.323. The van der Waals surface area contributed by atoms with Crippen LogP contribution < -0.4 is 10.6 Å². The minimum atomic E-state index is -0.650. The lowest BCUT2D eigenvalue weighted by Gasteiger charge is -2.15. The minimum absolute atomic E-state index is 0.109. The minimum Gasteiger partial charge on any atom is -0.396 e. The van der Waals surface area contributed by atoms with Crippen molar-refractivity contribution in [3.05, 3.63) is 83.1 Å². The van der Waals surface area contributed by atoms with Gasteiger partial charge in [-0.05, 0) is 73.2 Å². The second-order valence-corrected chi connectivity index (χ2v) is 10.7. The van der Waals surface area contributed by atoms with Crippen LogP contribution in [-0.2, 0) is 20.8 Å². The van der Waals surface area contributed by atoms with Crippen molar-refractivity contribution in [1.29, 1.82) is 0 Å². The van der Waals surface area contributed by atoms with Gasteiger partial charge in [-0.3, -0.25) is 9.59 Å².